The Morgan fingerprint density at radius 3 is 2.68 bits per heavy atom. The summed E-state index contributed by atoms with van der Waals surface area (Å²) in [5.41, 5.74) is 20.6. The van der Waals surface area contributed by atoms with E-state index in [9.17, 15) is 9.18 Å². The first-order valence-corrected chi connectivity index (χ1v) is 18.7. The number of nitrogens with two attached hydrogens (primary N) is 3. The molecule has 9 nitrogen and oxygen atoms in total. The Labute approximate surface area is 302 Å². The van der Waals surface area contributed by atoms with E-state index in [0.29, 0.717) is 59.7 Å². The van der Waals surface area contributed by atoms with Crippen LogP contribution in [-0.4, -0.2) is 70.4 Å². The largest absolute Gasteiger partial charge is 0.386 e. The van der Waals surface area contributed by atoms with Crippen molar-refractivity contribution in [2.45, 2.75) is 68.8 Å². The van der Waals surface area contributed by atoms with Crippen LogP contribution in [0.1, 0.15) is 62.6 Å². The number of benzene rings is 2. The van der Waals surface area contributed by atoms with Crippen LogP contribution >= 0.6 is 23.4 Å². The van der Waals surface area contributed by atoms with Crippen molar-refractivity contribution < 1.29 is 8.78 Å². The maximum Gasteiger partial charge on any atom is 0.354 e. The summed E-state index contributed by atoms with van der Waals surface area (Å²) >= 11 is 7.91. The minimum atomic E-state index is -0.546. The molecule has 4 rings (SSSR count). The van der Waals surface area contributed by atoms with Crippen molar-refractivity contribution in [3.8, 4) is 16.9 Å². The van der Waals surface area contributed by atoms with Gasteiger partial charge in [0.05, 0.1) is 29.6 Å². The zero-order valence-corrected chi connectivity index (χ0v) is 30.5. The van der Waals surface area contributed by atoms with Gasteiger partial charge in [-0.1, -0.05) is 37.1 Å². The van der Waals surface area contributed by atoms with Crippen molar-refractivity contribution in [3.05, 3.63) is 87.7 Å². The van der Waals surface area contributed by atoms with Gasteiger partial charge in [0, 0.05) is 53.8 Å². The number of H-pyrrole nitrogens is 1. The van der Waals surface area contributed by atoms with Gasteiger partial charge in [-0.3, -0.25) is 18.8 Å². The zero-order chi connectivity index (χ0) is 36.2. The first kappa shape index (κ1) is 39.2. The van der Waals surface area contributed by atoms with Crippen LogP contribution in [0.3, 0.4) is 0 Å². The lowest BCUT2D eigenvalue weighted by molar-refractivity contribution is 0.175. The normalized spacial score (nSPS) is 13.3. The molecule has 0 amide bonds. The van der Waals surface area contributed by atoms with Gasteiger partial charge < -0.3 is 22.2 Å². The SMILES string of the molecule is C=CC(N)CCCc1cc(Cl)c(F)c(-c2cc3cn(-c4ccc(C(CCC)N(CCCF)CCCN=C(N)CN)c(SC)c4)c(=O)nc3[nH]2)c1. The number of halogens is 3. The molecule has 0 aliphatic carbocycles. The van der Waals surface area contributed by atoms with Crippen LogP contribution < -0.4 is 22.9 Å². The van der Waals surface area contributed by atoms with E-state index in [2.05, 4.69) is 39.4 Å². The van der Waals surface area contributed by atoms with E-state index in [1.807, 2.05) is 18.4 Å². The van der Waals surface area contributed by atoms with Crippen molar-refractivity contribution in [2.24, 2.45) is 22.2 Å². The number of aryl methyl sites for hydroxylation is 1. The lowest BCUT2D eigenvalue weighted by Gasteiger charge is -2.33. The number of aromatic amines is 1. The number of rotatable bonds is 20. The minimum Gasteiger partial charge on any atom is -0.386 e. The fourth-order valence-electron chi connectivity index (χ4n) is 6.15. The molecule has 0 saturated heterocycles. The molecule has 4 aromatic rings. The lowest BCUT2D eigenvalue weighted by atomic mass is 9.99. The number of hydrogen-bond acceptors (Lipinski definition) is 7. The summed E-state index contributed by atoms with van der Waals surface area (Å²) in [6, 6.07) is 11.1. The average molecular weight is 727 g/mol. The molecule has 7 N–H and O–H groups in total. The summed E-state index contributed by atoms with van der Waals surface area (Å²) in [5, 5.41) is 0.669. The number of nitrogens with one attached hydrogen (secondary N) is 1. The first-order chi connectivity index (χ1) is 24.1. The maximum atomic E-state index is 15.3. The Kier molecular flexibility index (Phi) is 15.0. The van der Waals surface area contributed by atoms with Gasteiger partial charge in [0.2, 0.25) is 0 Å². The molecule has 0 bridgehead atoms. The Morgan fingerprint density at radius 2 is 1.98 bits per heavy atom. The van der Waals surface area contributed by atoms with Gasteiger partial charge in [-0.05, 0) is 86.2 Å². The standard InChI is InChI=1S/C37H49ClF2N8OS/c1-4-9-32(47(16-7-14-39)17-8-15-44-34(43)22-41)28-13-12-27(21-33(28)50-3)48-23-25-20-31(45-36(25)46-37(48)49)29-18-24(19-30(38)35(29)40)10-6-11-26(42)5-2/h5,12-13,18-21,23,26,32H,2,4,6-11,14-17,22,41-42H2,1,3H3,(H2,43,44)(H,45,46,49). The molecule has 2 unspecified atom stereocenters. The molecule has 0 saturated carbocycles. The van der Waals surface area contributed by atoms with Crippen molar-refractivity contribution in [3.63, 3.8) is 0 Å². The van der Waals surface area contributed by atoms with Gasteiger partial charge in [0.15, 0.2) is 5.82 Å². The molecule has 13 heteroatoms. The molecule has 50 heavy (non-hydrogen) atoms. The van der Waals surface area contributed by atoms with Crippen LogP contribution in [-0.2, 0) is 6.42 Å². The molecule has 0 spiro atoms. The van der Waals surface area contributed by atoms with E-state index in [0.717, 1.165) is 54.7 Å². The zero-order valence-electron chi connectivity index (χ0n) is 28.9. The number of nitrogens with zero attached hydrogens (tertiary/aromatic N) is 4. The summed E-state index contributed by atoms with van der Waals surface area (Å²) < 4.78 is 30.2. The number of hydrogen-bond donors (Lipinski definition) is 4. The quantitative estimate of drug-likeness (QED) is 0.0254. The molecule has 0 aliphatic rings. The number of aliphatic imine (C=N–C) groups is 1. The van der Waals surface area contributed by atoms with E-state index in [1.54, 1.807) is 42.2 Å². The van der Waals surface area contributed by atoms with Gasteiger partial charge >= 0.3 is 5.69 Å². The molecular weight excluding hydrogens is 678 g/mol. The van der Waals surface area contributed by atoms with E-state index >= 15 is 4.39 Å². The van der Waals surface area contributed by atoms with Crippen molar-refractivity contribution in [2.75, 3.05) is 39.1 Å². The second-order valence-corrected chi connectivity index (χ2v) is 13.6. The molecule has 0 fully saturated rings. The fraction of sp³-hybridized carbons (Fsp3) is 0.432. The highest BCUT2D eigenvalue weighted by atomic mass is 35.5. The van der Waals surface area contributed by atoms with Gasteiger partial charge in [-0.15, -0.1) is 18.3 Å². The highest BCUT2D eigenvalue weighted by Gasteiger charge is 2.23. The topological polar surface area (TPSA) is 144 Å². The van der Waals surface area contributed by atoms with Crippen molar-refractivity contribution in [1.29, 1.82) is 0 Å². The van der Waals surface area contributed by atoms with Crippen LogP contribution in [0.25, 0.3) is 28.0 Å². The Balaban J connectivity index is 1.65. The van der Waals surface area contributed by atoms with Gasteiger partial charge in [0.25, 0.3) is 0 Å². The fourth-order valence-corrected chi connectivity index (χ4v) is 7.07. The summed E-state index contributed by atoms with van der Waals surface area (Å²) in [4.78, 5) is 28.4. The van der Waals surface area contributed by atoms with Crippen molar-refractivity contribution in [1.82, 2.24) is 19.4 Å². The predicted molar refractivity (Wildman–Crippen MR) is 205 cm³/mol. The molecule has 2 aromatic carbocycles. The second kappa shape index (κ2) is 19.2. The number of thioether (sulfide) groups is 1. The number of aromatic nitrogens is 3. The third-order valence-corrected chi connectivity index (χ3v) is 9.82. The summed E-state index contributed by atoms with van der Waals surface area (Å²) in [5.74, 6) is -0.124. The van der Waals surface area contributed by atoms with Crippen LogP contribution in [0.15, 0.2) is 69.9 Å². The van der Waals surface area contributed by atoms with Crippen LogP contribution in [0.2, 0.25) is 5.02 Å². The molecule has 0 aliphatic heterocycles. The molecular formula is C37H49ClF2N8OS. The van der Waals surface area contributed by atoms with E-state index in [1.165, 1.54) is 4.57 Å². The molecule has 2 aromatic heterocycles. The van der Waals surface area contributed by atoms with Gasteiger partial charge in [0.1, 0.15) is 11.5 Å². The van der Waals surface area contributed by atoms with E-state index in [-0.39, 0.29) is 23.7 Å². The van der Waals surface area contributed by atoms with Crippen LogP contribution in [0.5, 0.6) is 0 Å². The maximum absolute atomic E-state index is 15.3. The molecule has 2 heterocycles. The predicted octanol–water partition coefficient (Wildman–Crippen LogP) is 6.94. The Morgan fingerprint density at radius 1 is 1.20 bits per heavy atom. The van der Waals surface area contributed by atoms with Crippen LogP contribution in [0, 0.1) is 5.82 Å². The summed E-state index contributed by atoms with van der Waals surface area (Å²) in [7, 11) is 0. The smallest absolute Gasteiger partial charge is 0.354 e. The minimum absolute atomic E-state index is 0.0239. The van der Waals surface area contributed by atoms with Gasteiger partial charge in [-0.2, -0.15) is 4.98 Å². The summed E-state index contributed by atoms with van der Waals surface area (Å²) in [6.07, 6.45) is 10.7. The van der Waals surface area contributed by atoms with Crippen molar-refractivity contribution >= 4 is 40.2 Å². The highest BCUT2D eigenvalue weighted by Crippen LogP contribution is 2.35. The third kappa shape index (κ3) is 10.0. The average Bonchev–Trinajstić information content (AvgIpc) is 3.53. The highest BCUT2D eigenvalue weighted by molar-refractivity contribution is 7.98. The summed E-state index contributed by atoms with van der Waals surface area (Å²) in [6.45, 7) is 7.59. The third-order valence-electron chi connectivity index (χ3n) is 8.76. The molecule has 270 valence electrons. The number of amidine groups is 1. The number of fused-ring (bicyclic) bond motifs is 1. The Bertz CT molecular complexity index is 1830. The monoisotopic (exact) mass is 726 g/mol. The van der Waals surface area contributed by atoms with E-state index < -0.39 is 18.2 Å². The first-order valence-electron chi connectivity index (χ1n) is 17.1. The lowest BCUT2D eigenvalue weighted by Crippen LogP contribution is -2.32. The van der Waals surface area contributed by atoms with Crippen LogP contribution in [0.4, 0.5) is 8.78 Å². The molecule has 2 atom stereocenters. The van der Waals surface area contributed by atoms with E-state index in [4.69, 9.17) is 28.8 Å². The number of alkyl halides is 1. The van der Waals surface area contributed by atoms with Gasteiger partial charge in [-0.25, -0.2) is 9.18 Å². The Hall–Kier alpha value is -3.55. The molecule has 0 radical (unpaired) electrons. The second-order valence-electron chi connectivity index (χ2n) is 12.4.